The van der Waals surface area contributed by atoms with Crippen molar-refractivity contribution in [3.63, 3.8) is 0 Å². The van der Waals surface area contributed by atoms with E-state index in [0.29, 0.717) is 29.7 Å². The molecule has 0 unspecified atom stereocenters. The Balaban J connectivity index is 1.84. The fourth-order valence-electron chi connectivity index (χ4n) is 3.11. The van der Waals surface area contributed by atoms with Crippen molar-refractivity contribution in [3.05, 3.63) is 83.7 Å². The number of nitrogens with one attached hydrogen (secondary N) is 1. The molecule has 0 saturated heterocycles. The van der Waals surface area contributed by atoms with Crippen LogP contribution in [0.3, 0.4) is 0 Å². The van der Waals surface area contributed by atoms with Crippen LogP contribution < -0.4 is 19.5 Å². The molecule has 0 amide bonds. The van der Waals surface area contributed by atoms with Gasteiger partial charge < -0.3 is 24.4 Å². The maximum absolute atomic E-state index is 13.4. The molecule has 3 aromatic carbocycles. The van der Waals surface area contributed by atoms with Crippen molar-refractivity contribution in [2.24, 2.45) is 0 Å². The van der Waals surface area contributed by atoms with Crippen LogP contribution in [0.2, 0.25) is 0 Å². The van der Waals surface area contributed by atoms with Gasteiger partial charge in [-0.15, -0.1) is 0 Å². The lowest BCUT2D eigenvalue weighted by molar-refractivity contribution is 0.352. The number of anilines is 1. The molecule has 7 heteroatoms. The molecule has 0 fully saturated rings. The van der Waals surface area contributed by atoms with E-state index < -0.39 is 0 Å². The van der Waals surface area contributed by atoms with E-state index >= 15 is 0 Å². The standard InChI is InChI=1S/C24H25FN2O3S/c1-28-21-6-4-5-20(14-21)26-24(31)27(15-17-7-10-19(25)11-8-17)16-18-9-12-22(29-2)23(13-18)30-3/h4-14H,15-16H2,1-3H3,(H,26,31). The summed E-state index contributed by atoms with van der Waals surface area (Å²) in [6.45, 7) is 1.03. The number of benzene rings is 3. The lowest BCUT2D eigenvalue weighted by atomic mass is 10.1. The third-order valence-corrected chi connectivity index (χ3v) is 5.08. The van der Waals surface area contributed by atoms with Gasteiger partial charge in [0.05, 0.1) is 21.3 Å². The molecule has 0 atom stereocenters. The Hall–Kier alpha value is -3.32. The Morgan fingerprint density at radius 2 is 1.52 bits per heavy atom. The second-order valence-corrected chi connectivity index (χ2v) is 7.22. The van der Waals surface area contributed by atoms with Crippen LogP contribution in [0.1, 0.15) is 11.1 Å². The molecule has 0 aromatic heterocycles. The topological polar surface area (TPSA) is 43.0 Å². The normalized spacial score (nSPS) is 10.3. The first-order valence-electron chi connectivity index (χ1n) is 9.67. The SMILES string of the molecule is COc1cccc(NC(=S)N(Cc2ccc(F)cc2)Cc2ccc(OC)c(OC)c2)c1. The van der Waals surface area contributed by atoms with E-state index in [1.807, 2.05) is 47.4 Å². The summed E-state index contributed by atoms with van der Waals surface area (Å²) in [5.41, 5.74) is 2.76. The summed E-state index contributed by atoms with van der Waals surface area (Å²) in [5, 5.41) is 3.80. The molecule has 3 aromatic rings. The van der Waals surface area contributed by atoms with Crippen LogP contribution in [0.5, 0.6) is 17.2 Å². The van der Waals surface area contributed by atoms with Crippen molar-refractivity contribution in [2.45, 2.75) is 13.1 Å². The summed E-state index contributed by atoms with van der Waals surface area (Å²) in [6.07, 6.45) is 0. The number of hydrogen-bond acceptors (Lipinski definition) is 4. The highest BCUT2D eigenvalue weighted by atomic mass is 32.1. The monoisotopic (exact) mass is 440 g/mol. The first kappa shape index (κ1) is 22.4. The van der Waals surface area contributed by atoms with Gasteiger partial charge in [-0.05, 0) is 59.7 Å². The number of rotatable bonds is 8. The van der Waals surface area contributed by atoms with E-state index in [1.54, 1.807) is 33.5 Å². The van der Waals surface area contributed by atoms with E-state index in [-0.39, 0.29) is 5.82 Å². The molecule has 0 heterocycles. The zero-order chi connectivity index (χ0) is 22.2. The van der Waals surface area contributed by atoms with Crippen LogP contribution in [0.25, 0.3) is 0 Å². The molecule has 0 aliphatic carbocycles. The average Bonchev–Trinajstić information content (AvgIpc) is 2.80. The Morgan fingerprint density at radius 1 is 0.839 bits per heavy atom. The van der Waals surface area contributed by atoms with E-state index in [4.69, 9.17) is 26.4 Å². The minimum Gasteiger partial charge on any atom is -0.497 e. The molecule has 0 saturated carbocycles. The third kappa shape index (κ3) is 6.08. The van der Waals surface area contributed by atoms with Gasteiger partial charge in [0.1, 0.15) is 11.6 Å². The van der Waals surface area contributed by atoms with Gasteiger partial charge in [0.25, 0.3) is 0 Å². The fourth-order valence-corrected chi connectivity index (χ4v) is 3.36. The number of methoxy groups -OCH3 is 3. The molecule has 162 valence electrons. The highest BCUT2D eigenvalue weighted by Gasteiger charge is 2.14. The van der Waals surface area contributed by atoms with Crippen molar-refractivity contribution >= 4 is 23.0 Å². The summed E-state index contributed by atoms with van der Waals surface area (Å²) in [5.74, 6) is 1.77. The molecule has 0 aliphatic rings. The third-order valence-electron chi connectivity index (χ3n) is 4.72. The van der Waals surface area contributed by atoms with Crippen molar-refractivity contribution < 1.29 is 18.6 Å². The summed E-state index contributed by atoms with van der Waals surface area (Å²) >= 11 is 5.71. The summed E-state index contributed by atoms with van der Waals surface area (Å²) in [4.78, 5) is 2.00. The second-order valence-electron chi connectivity index (χ2n) is 6.83. The Morgan fingerprint density at radius 3 is 2.19 bits per heavy atom. The van der Waals surface area contributed by atoms with E-state index in [0.717, 1.165) is 22.6 Å². The smallest absolute Gasteiger partial charge is 0.174 e. The predicted octanol–water partition coefficient (Wildman–Crippen LogP) is 5.25. The summed E-state index contributed by atoms with van der Waals surface area (Å²) in [7, 11) is 4.83. The van der Waals surface area contributed by atoms with Crippen molar-refractivity contribution in [2.75, 3.05) is 26.6 Å². The van der Waals surface area contributed by atoms with Crippen LogP contribution in [0, 0.1) is 5.82 Å². The summed E-state index contributed by atoms with van der Waals surface area (Å²) < 4.78 is 29.4. The number of nitrogens with zero attached hydrogens (tertiary/aromatic N) is 1. The van der Waals surface area contributed by atoms with Gasteiger partial charge in [-0.2, -0.15) is 0 Å². The molecule has 0 spiro atoms. The lowest BCUT2D eigenvalue weighted by Crippen LogP contribution is -2.33. The molecular weight excluding hydrogens is 415 g/mol. The van der Waals surface area contributed by atoms with Crippen molar-refractivity contribution in [3.8, 4) is 17.2 Å². The first-order chi connectivity index (χ1) is 15.0. The number of halogens is 1. The van der Waals surface area contributed by atoms with Crippen LogP contribution in [-0.4, -0.2) is 31.3 Å². The second kappa shape index (κ2) is 10.6. The Bertz CT molecular complexity index is 1030. The van der Waals surface area contributed by atoms with E-state index in [2.05, 4.69) is 5.32 Å². The van der Waals surface area contributed by atoms with Gasteiger partial charge in [0.15, 0.2) is 16.6 Å². The first-order valence-corrected chi connectivity index (χ1v) is 10.1. The van der Waals surface area contributed by atoms with E-state index in [9.17, 15) is 4.39 Å². The van der Waals surface area contributed by atoms with Gasteiger partial charge in [0.2, 0.25) is 0 Å². The van der Waals surface area contributed by atoms with Crippen LogP contribution >= 0.6 is 12.2 Å². The van der Waals surface area contributed by atoms with Gasteiger partial charge in [-0.25, -0.2) is 4.39 Å². The Kier molecular flexibility index (Phi) is 7.67. The lowest BCUT2D eigenvalue weighted by Gasteiger charge is -2.26. The molecule has 0 radical (unpaired) electrons. The predicted molar refractivity (Wildman–Crippen MR) is 124 cm³/mol. The van der Waals surface area contributed by atoms with Gasteiger partial charge >= 0.3 is 0 Å². The Labute approximate surface area is 187 Å². The largest absolute Gasteiger partial charge is 0.497 e. The van der Waals surface area contributed by atoms with E-state index in [1.165, 1.54) is 12.1 Å². The average molecular weight is 441 g/mol. The minimum absolute atomic E-state index is 0.271. The summed E-state index contributed by atoms with van der Waals surface area (Å²) in [6, 6.07) is 19.7. The fraction of sp³-hybridized carbons (Fsp3) is 0.208. The van der Waals surface area contributed by atoms with Crippen molar-refractivity contribution in [1.29, 1.82) is 0 Å². The molecule has 0 aliphatic heterocycles. The number of hydrogen-bond donors (Lipinski definition) is 1. The van der Waals surface area contributed by atoms with Gasteiger partial charge in [-0.3, -0.25) is 0 Å². The van der Waals surface area contributed by atoms with Gasteiger partial charge in [0, 0.05) is 24.8 Å². The molecule has 1 N–H and O–H groups in total. The molecule has 31 heavy (non-hydrogen) atoms. The molecule has 0 bridgehead atoms. The van der Waals surface area contributed by atoms with Crippen LogP contribution in [-0.2, 0) is 13.1 Å². The maximum atomic E-state index is 13.4. The molecule has 5 nitrogen and oxygen atoms in total. The molecule has 3 rings (SSSR count). The highest BCUT2D eigenvalue weighted by molar-refractivity contribution is 7.80. The zero-order valence-corrected chi connectivity index (χ0v) is 18.5. The molecular formula is C24H25FN2O3S. The van der Waals surface area contributed by atoms with Gasteiger partial charge in [-0.1, -0.05) is 24.3 Å². The quantitative estimate of drug-likeness (QED) is 0.483. The minimum atomic E-state index is -0.271. The maximum Gasteiger partial charge on any atom is 0.174 e. The van der Waals surface area contributed by atoms with Crippen molar-refractivity contribution in [1.82, 2.24) is 4.90 Å². The number of ether oxygens (including phenoxy) is 3. The van der Waals surface area contributed by atoms with Crippen LogP contribution in [0.4, 0.5) is 10.1 Å². The highest BCUT2D eigenvalue weighted by Crippen LogP contribution is 2.28. The van der Waals surface area contributed by atoms with Crippen LogP contribution in [0.15, 0.2) is 66.7 Å². The zero-order valence-electron chi connectivity index (χ0n) is 17.7. The number of thiocarbonyl (C=S) groups is 1.